The molecule has 1 aliphatic rings. The van der Waals surface area contributed by atoms with Gasteiger partial charge in [-0.3, -0.25) is 0 Å². The van der Waals surface area contributed by atoms with E-state index in [1.165, 1.54) is 0 Å². The summed E-state index contributed by atoms with van der Waals surface area (Å²) >= 11 is 0. The van der Waals surface area contributed by atoms with Gasteiger partial charge in [-0.15, -0.1) is 0 Å². The first-order valence-corrected chi connectivity index (χ1v) is 6.94. The molecule has 0 saturated heterocycles. The quantitative estimate of drug-likeness (QED) is 0.875. The van der Waals surface area contributed by atoms with Crippen LogP contribution in [0.15, 0.2) is 54.6 Å². The van der Waals surface area contributed by atoms with Crippen molar-refractivity contribution >= 4 is 0 Å². The van der Waals surface area contributed by atoms with Crippen LogP contribution in [0.3, 0.4) is 0 Å². The van der Waals surface area contributed by atoms with E-state index >= 15 is 0 Å². The number of aliphatic hydroxyl groups excluding tert-OH is 1. The Balaban J connectivity index is 1.59. The summed E-state index contributed by atoms with van der Waals surface area (Å²) in [6.07, 6.45) is 1.97. The monoisotopic (exact) mass is 270 g/mol. The van der Waals surface area contributed by atoms with Gasteiger partial charge in [0.05, 0.1) is 6.10 Å². The maximum Gasteiger partial charge on any atom is 0.120 e. The van der Waals surface area contributed by atoms with E-state index in [1.54, 1.807) is 0 Å². The van der Waals surface area contributed by atoms with E-state index in [2.05, 4.69) is 0 Å². The Kier molecular flexibility index (Phi) is 3.88. The molecule has 2 aromatic rings. The lowest BCUT2D eigenvalue weighted by atomic mass is 10.1. The van der Waals surface area contributed by atoms with Gasteiger partial charge in [0, 0.05) is 0 Å². The van der Waals surface area contributed by atoms with Crippen molar-refractivity contribution in [1.29, 1.82) is 0 Å². The van der Waals surface area contributed by atoms with Crippen LogP contribution in [0.5, 0.6) is 11.5 Å². The van der Waals surface area contributed by atoms with Crippen molar-refractivity contribution in [1.82, 2.24) is 0 Å². The lowest BCUT2D eigenvalue weighted by molar-refractivity contribution is 0.108. The molecule has 3 nitrogen and oxygen atoms in total. The number of aliphatic hydroxyl groups is 1. The van der Waals surface area contributed by atoms with Gasteiger partial charge in [0.2, 0.25) is 0 Å². The van der Waals surface area contributed by atoms with Gasteiger partial charge in [-0.2, -0.15) is 0 Å². The van der Waals surface area contributed by atoms with Crippen molar-refractivity contribution in [3.05, 3.63) is 60.2 Å². The van der Waals surface area contributed by atoms with Crippen LogP contribution in [0.25, 0.3) is 0 Å². The summed E-state index contributed by atoms with van der Waals surface area (Å²) in [6, 6.07) is 17.1. The van der Waals surface area contributed by atoms with E-state index in [4.69, 9.17) is 9.47 Å². The third kappa shape index (κ3) is 3.52. The molecule has 3 rings (SSSR count). The number of benzene rings is 2. The maximum absolute atomic E-state index is 10.2. The Morgan fingerprint density at radius 2 is 1.75 bits per heavy atom. The summed E-state index contributed by atoms with van der Waals surface area (Å²) in [5, 5.41) is 10.2. The molecule has 0 aliphatic heterocycles. The molecular formula is C17H18O3. The van der Waals surface area contributed by atoms with Crippen LogP contribution >= 0.6 is 0 Å². The van der Waals surface area contributed by atoms with Crippen LogP contribution in [-0.4, -0.2) is 17.8 Å². The first kappa shape index (κ1) is 13.0. The highest BCUT2D eigenvalue weighted by atomic mass is 16.5. The van der Waals surface area contributed by atoms with E-state index in [0.29, 0.717) is 6.10 Å². The van der Waals surface area contributed by atoms with Crippen LogP contribution < -0.4 is 9.47 Å². The average molecular weight is 270 g/mol. The van der Waals surface area contributed by atoms with Crippen molar-refractivity contribution in [3.63, 3.8) is 0 Å². The summed E-state index contributed by atoms with van der Waals surface area (Å²) in [5.74, 6) is 1.58. The van der Waals surface area contributed by atoms with Crippen molar-refractivity contribution < 1.29 is 14.6 Å². The van der Waals surface area contributed by atoms with Crippen molar-refractivity contribution in [2.75, 3.05) is 6.61 Å². The van der Waals surface area contributed by atoms with Crippen LogP contribution in [0.1, 0.15) is 24.5 Å². The standard InChI is InChI=1S/C17H18O3/c18-17(12-19-14-6-2-1-3-7-14)13-5-4-8-16(11-13)20-15-9-10-15/h1-8,11,15,17-18H,9-10,12H2. The normalized spacial score (nSPS) is 15.7. The maximum atomic E-state index is 10.2. The molecule has 1 aliphatic carbocycles. The summed E-state index contributed by atoms with van der Waals surface area (Å²) in [7, 11) is 0. The Morgan fingerprint density at radius 3 is 2.50 bits per heavy atom. The molecule has 1 unspecified atom stereocenters. The van der Waals surface area contributed by atoms with E-state index in [9.17, 15) is 5.11 Å². The van der Waals surface area contributed by atoms with Gasteiger partial charge >= 0.3 is 0 Å². The second-order valence-electron chi connectivity index (χ2n) is 5.03. The van der Waals surface area contributed by atoms with Crippen molar-refractivity contribution in [2.45, 2.75) is 25.0 Å². The molecule has 0 spiro atoms. The SMILES string of the molecule is OC(COc1ccccc1)c1cccc(OC2CC2)c1. The first-order valence-electron chi connectivity index (χ1n) is 6.94. The van der Waals surface area contributed by atoms with Gasteiger partial charge in [-0.05, 0) is 42.7 Å². The second kappa shape index (κ2) is 5.97. The van der Waals surface area contributed by atoms with E-state index in [0.717, 1.165) is 29.9 Å². The molecule has 2 aromatic carbocycles. The highest BCUT2D eigenvalue weighted by molar-refractivity contribution is 5.30. The molecule has 1 saturated carbocycles. The highest BCUT2D eigenvalue weighted by Crippen LogP contribution is 2.28. The molecule has 0 amide bonds. The molecule has 0 heterocycles. The topological polar surface area (TPSA) is 38.7 Å². The molecule has 104 valence electrons. The summed E-state index contributed by atoms with van der Waals surface area (Å²) in [5.41, 5.74) is 0.819. The van der Waals surface area contributed by atoms with Crippen LogP contribution in [0.4, 0.5) is 0 Å². The van der Waals surface area contributed by atoms with Gasteiger partial charge in [0.25, 0.3) is 0 Å². The van der Waals surface area contributed by atoms with Gasteiger partial charge in [-0.1, -0.05) is 30.3 Å². The lowest BCUT2D eigenvalue weighted by Gasteiger charge is -2.14. The van der Waals surface area contributed by atoms with Crippen molar-refractivity contribution in [3.8, 4) is 11.5 Å². The summed E-state index contributed by atoms with van der Waals surface area (Å²) in [4.78, 5) is 0. The number of ether oxygens (including phenoxy) is 2. The fourth-order valence-corrected chi connectivity index (χ4v) is 1.96. The van der Waals surface area contributed by atoms with Gasteiger partial charge in [0.1, 0.15) is 24.2 Å². The minimum atomic E-state index is -0.655. The predicted molar refractivity (Wildman–Crippen MR) is 77.0 cm³/mol. The molecule has 1 fully saturated rings. The molecule has 20 heavy (non-hydrogen) atoms. The fourth-order valence-electron chi connectivity index (χ4n) is 1.96. The smallest absolute Gasteiger partial charge is 0.120 e. The zero-order valence-electron chi connectivity index (χ0n) is 11.2. The number of para-hydroxylation sites is 1. The van der Waals surface area contributed by atoms with Gasteiger partial charge in [0.15, 0.2) is 0 Å². The number of hydrogen-bond acceptors (Lipinski definition) is 3. The van der Waals surface area contributed by atoms with Gasteiger partial charge in [-0.25, -0.2) is 0 Å². The highest BCUT2D eigenvalue weighted by Gasteiger charge is 2.23. The third-order valence-corrected chi connectivity index (χ3v) is 3.22. The van der Waals surface area contributed by atoms with Crippen LogP contribution in [0, 0.1) is 0 Å². The van der Waals surface area contributed by atoms with Gasteiger partial charge < -0.3 is 14.6 Å². The average Bonchev–Trinajstić information content (AvgIpc) is 3.30. The molecule has 0 bridgehead atoms. The molecular weight excluding hydrogens is 252 g/mol. The summed E-state index contributed by atoms with van der Waals surface area (Å²) < 4.78 is 11.3. The zero-order valence-corrected chi connectivity index (χ0v) is 11.2. The zero-order chi connectivity index (χ0) is 13.8. The molecule has 0 aromatic heterocycles. The lowest BCUT2D eigenvalue weighted by Crippen LogP contribution is -2.10. The Bertz CT molecular complexity index is 549. The molecule has 0 radical (unpaired) electrons. The Labute approximate surface area is 118 Å². The fraction of sp³-hybridized carbons (Fsp3) is 0.294. The summed E-state index contributed by atoms with van der Waals surface area (Å²) in [6.45, 7) is 0.233. The number of rotatable bonds is 6. The molecule has 1 N–H and O–H groups in total. The minimum Gasteiger partial charge on any atom is -0.491 e. The first-order chi connectivity index (χ1) is 9.81. The van der Waals surface area contributed by atoms with E-state index in [1.807, 2.05) is 54.6 Å². The Hall–Kier alpha value is -2.00. The number of hydrogen-bond donors (Lipinski definition) is 1. The van der Waals surface area contributed by atoms with Crippen LogP contribution in [0.2, 0.25) is 0 Å². The molecule has 1 atom stereocenters. The van der Waals surface area contributed by atoms with Crippen LogP contribution in [-0.2, 0) is 0 Å². The predicted octanol–water partition coefficient (Wildman–Crippen LogP) is 3.34. The van der Waals surface area contributed by atoms with E-state index in [-0.39, 0.29) is 6.61 Å². The molecule has 3 heteroatoms. The van der Waals surface area contributed by atoms with Crippen molar-refractivity contribution in [2.24, 2.45) is 0 Å². The third-order valence-electron chi connectivity index (χ3n) is 3.22. The van der Waals surface area contributed by atoms with E-state index < -0.39 is 6.10 Å². The largest absolute Gasteiger partial charge is 0.491 e. The Morgan fingerprint density at radius 1 is 1.00 bits per heavy atom. The second-order valence-corrected chi connectivity index (χ2v) is 5.03. The minimum absolute atomic E-state index is 0.233.